The molecule has 0 aromatic carbocycles. The molecular formula is C17H31NO7. The Kier molecular flexibility index (Phi) is 9.55. The van der Waals surface area contributed by atoms with Crippen LogP contribution in [-0.2, 0) is 14.3 Å². The van der Waals surface area contributed by atoms with Gasteiger partial charge in [0, 0.05) is 6.54 Å². The van der Waals surface area contributed by atoms with Crippen LogP contribution in [0.5, 0.6) is 0 Å². The van der Waals surface area contributed by atoms with Gasteiger partial charge in [0.1, 0.15) is 24.4 Å². The number of aliphatic hydroxyl groups is 4. The second-order valence-electron chi connectivity index (χ2n) is 6.76. The minimum atomic E-state index is -1.45. The zero-order chi connectivity index (χ0) is 19.0. The molecule has 1 aliphatic rings. The summed E-state index contributed by atoms with van der Waals surface area (Å²) in [5, 5.41) is 41.3. The van der Waals surface area contributed by atoms with Crippen LogP contribution in [0.3, 0.4) is 0 Å². The van der Waals surface area contributed by atoms with E-state index in [0.29, 0.717) is 25.3 Å². The number of hydrogen-bond acceptors (Lipinski definition) is 7. The van der Waals surface area contributed by atoms with Crippen molar-refractivity contribution in [1.82, 2.24) is 5.32 Å². The van der Waals surface area contributed by atoms with Crippen LogP contribution in [0.25, 0.3) is 0 Å². The third kappa shape index (κ3) is 7.39. The maximum atomic E-state index is 11.5. The van der Waals surface area contributed by atoms with Crippen molar-refractivity contribution in [3.63, 3.8) is 0 Å². The highest BCUT2D eigenvalue weighted by Crippen LogP contribution is 2.23. The van der Waals surface area contributed by atoms with E-state index in [-0.39, 0.29) is 12.0 Å². The molecule has 146 valence electrons. The standard InChI is InChI=1S/C17H31NO7/c1-10(2)8-18-13(20)7-5-4-6-11(3)24-17-16(23)15(22)14(21)12(9-19)25-17/h5,7,10-12,14-17,19,21-23H,4,6,8-9H2,1-3H3,(H,18,20)/b7-5+/t11-,12+,14+,15-,16-,17-/m1/s1. The smallest absolute Gasteiger partial charge is 0.243 e. The number of rotatable bonds is 9. The van der Waals surface area contributed by atoms with Crippen molar-refractivity contribution in [2.45, 2.75) is 70.4 Å². The van der Waals surface area contributed by atoms with Crippen LogP contribution in [0.2, 0.25) is 0 Å². The van der Waals surface area contributed by atoms with E-state index >= 15 is 0 Å². The van der Waals surface area contributed by atoms with Crippen LogP contribution in [0.15, 0.2) is 12.2 Å². The largest absolute Gasteiger partial charge is 0.394 e. The predicted octanol–water partition coefficient (Wildman–Crippen LogP) is -0.700. The molecule has 0 spiro atoms. The van der Waals surface area contributed by atoms with Crippen molar-refractivity contribution in [3.8, 4) is 0 Å². The third-order valence-corrected chi connectivity index (χ3v) is 3.91. The molecule has 0 aliphatic carbocycles. The maximum Gasteiger partial charge on any atom is 0.243 e. The van der Waals surface area contributed by atoms with Crippen LogP contribution in [0.4, 0.5) is 0 Å². The van der Waals surface area contributed by atoms with E-state index in [9.17, 15) is 20.1 Å². The summed E-state index contributed by atoms with van der Waals surface area (Å²) in [7, 11) is 0. The zero-order valence-electron chi connectivity index (χ0n) is 15.0. The van der Waals surface area contributed by atoms with Gasteiger partial charge < -0.3 is 35.2 Å². The molecule has 1 rings (SSSR count). The van der Waals surface area contributed by atoms with Crippen LogP contribution < -0.4 is 5.32 Å². The van der Waals surface area contributed by atoms with Crippen molar-refractivity contribution in [1.29, 1.82) is 0 Å². The molecule has 0 unspecified atom stereocenters. The molecule has 0 saturated carbocycles. The van der Waals surface area contributed by atoms with Crippen molar-refractivity contribution < 1.29 is 34.7 Å². The number of amides is 1. The third-order valence-electron chi connectivity index (χ3n) is 3.91. The Hall–Kier alpha value is -1.03. The molecule has 0 aromatic heterocycles. The summed E-state index contributed by atoms with van der Waals surface area (Å²) in [6.45, 7) is 5.94. The van der Waals surface area contributed by atoms with Crippen molar-refractivity contribution in [2.75, 3.05) is 13.2 Å². The SMILES string of the molecule is CC(C)CNC(=O)/C=C/CC[C@@H](C)O[C@@H]1O[C@@H](CO)[C@H](O)[C@@H](O)[C@H]1O. The Morgan fingerprint density at radius 1 is 1.20 bits per heavy atom. The van der Waals surface area contributed by atoms with E-state index < -0.39 is 37.3 Å². The number of carbonyl (C=O) groups is 1. The molecule has 8 heteroatoms. The summed E-state index contributed by atoms with van der Waals surface area (Å²) in [6.07, 6.45) is -2.32. The average Bonchev–Trinajstić information content (AvgIpc) is 2.57. The van der Waals surface area contributed by atoms with Crippen LogP contribution in [0, 0.1) is 5.92 Å². The highest BCUT2D eigenvalue weighted by molar-refractivity contribution is 5.87. The Morgan fingerprint density at radius 3 is 2.48 bits per heavy atom. The summed E-state index contributed by atoms with van der Waals surface area (Å²) in [5.74, 6) is 0.250. The summed E-state index contributed by atoms with van der Waals surface area (Å²) < 4.78 is 10.8. The highest BCUT2D eigenvalue weighted by Gasteiger charge is 2.44. The van der Waals surface area contributed by atoms with E-state index in [2.05, 4.69) is 5.32 Å². The van der Waals surface area contributed by atoms with Crippen molar-refractivity contribution in [2.24, 2.45) is 5.92 Å². The number of allylic oxidation sites excluding steroid dienone is 1. The lowest BCUT2D eigenvalue weighted by atomic mass is 9.99. The van der Waals surface area contributed by atoms with Gasteiger partial charge in [-0.1, -0.05) is 19.9 Å². The minimum Gasteiger partial charge on any atom is -0.394 e. The highest BCUT2D eigenvalue weighted by atomic mass is 16.7. The fraction of sp³-hybridized carbons (Fsp3) is 0.824. The lowest BCUT2D eigenvalue weighted by molar-refractivity contribution is -0.310. The molecule has 25 heavy (non-hydrogen) atoms. The molecule has 1 amide bonds. The van der Waals surface area contributed by atoms with Crippen molar-refractivity contribution in [3.05, 3.63) is 12.2 Å². The zero-order valence-corrected chi connectivity index (χ0v) is 15.0. The number of carbonyl (C=O) groups excluding carboxylic acids is 1. The molecule has 0 radical (unpaired) electrons. The van der Waals surface area contributed by atoms with Crippen LogP contribution in [-0.4, -0.2) is 76.3 Å². The summed E-state index contributed by atoms with van der Waals surface area (Å²) in [6, 6.07) is 0. The molecule has 0 bridgehead atoms. The number of aliphatic hydroxyl groups excluding tert-OH is 4. The quantitative estimate of drug-likeness (QED) is 0.344. The second kappa shape index (κ2) is 10.8. The summed E-state index contributed by atoms with van der Waals surface area (Å²) >= 11 is 0. The molecule has 1 fully saturated rings. The Morgan fingerprint density at radius 2 is 1.88 bits per heavy atom. The molecule has 0 aromatic rings. The van der Waals surface area contributed by atoms with Gasteiger partial charge >= 0.3 is 0 Å². The molecule has 1 aliphatic heterocycles. The van der Waals surface area contributed by atoms with Gasteiger partial charge in [-0.25, -0.2) is 0 Å². The summed E-state index contributed by atoms with van der Waals surface area (Å²) in [4.78, 5) is 11.5. The fourth-order valence-electron chi connectivity index (χ4n) is 2.36. The Bertz CT molecular complexity index is 427. The van der Waals surface area contributed by atoms with E-state index in [1.807, 2.05) is 13.8 Å². The number of nitrogens with one attached hydrogen (secondary N) is 1. The van der Waals surface area contributed by atoms with Gasteiger partial charge in [0.25, 0.3) is 0 Å². The first kappa shape index (κ1) is 22.0. The molecule has 5 N–H and O–H groups in total. The Labute approximate surface area is 148 Å². The first-order valence-corrected chi connectivity index (χ1v) is 8.66. The van der Waals surface area contributed by atoms with Crippen molar-refractivity contribution >= 4 is 5.91 Å². The van der Waals surface area contributed by atoms with Gasteiger partial charge in [-0.2, -0.15) is 0 Å². The van der Waals surface area contributed by atoms with Gasteiger partial charge in [0.15, 0.2) is 6.29 Å². The first-order valence-electron chi connectivity index (χ1n) is 8.66. The van der Waals surface area contributed by atoms with Crippen LogP contribution in [0.1, 0.15) is 33.6 Å². The molecule has 1 saturated heterocycles. The Balaban J connectivity index is 2.36. The molecule has 8 nitrogen and oxygen atoms in total. The van der Waals surface area contributed by atoms with Gasteiger partial charge in [0.05, 0.1) is 12.7 Å². The predicted molar refractivity (Wildman–Crippen MR) is 90.5 cm³/mol. The lowest BCUT2D eigenvalue weighted by Gasteiger charge is -2.40. The second-order valence-corrected chi connectivity index (χ2v) is 6.76. The van der Waals surface area contributed by atoms with Gasteiger partial charge in [-0.15, -0.1) is 0 Å². The van der Waals surface area contributed by atoms with E-state index in [0.717, 1.165) is 0 Å². The molecule has 1 heterocycles. The van der Waals surface area contributed by atoms with E-state index in [4.69, 9.17) is 14.6 Å². The minimum absolute atomic E-state index is 0.142. The molecular weight excluding hydrogens is 330 g/mol. The first-order chi connectivity index (χ1) is 11.8. The monoisotopic (exact) mass is 361 g/mol. The van der Waals surface area contributed by atoms with E-state index in [1.165, 1.54) is 6.08 Å². The average molecular weight is 361 g/mol. The normalized spacial score (nSPS) is 31.4. The molecule has 6 atom stereocenters. The van der Waals surface area contributed by atoms with Gasteiger partial charge in [-0.3, -0.25) is 4.79 Å². The van der Waals surface area contributed by atoms with Gasteiger partial charge in [0.2, 0.25) is 5.91 Å². The topological polar surface area (TPSA) is 128 Å². The number of ether oxygens (including phenoxy) is 2. The van der Waals surface area contributed by atoms with Gasteiger partial charge in [-0.05, 0) is 31.8 Å². The number of hydrogen-bond donors (Lipinski definition) is 5. The van der Waals surface area contributed by atoms with Crippen LogP contribution >= 0.6 is 0 Å². The maximum absolute atomic E-state index is 11.5. The fourth-order valence-corrected chi connectivity index (χ4v) is 2.36. The van der Waals surface area contributed by atoms with E-state index in [1.54, 1.807) is 13.0 Å². The lowest BCUT2D eigenvalue weighted by Crippen LogP contribution is -2.59. The summed E-state index contributed by atoms with van der Waals surface area (Å²) in [5.41, 5.74) is 0.